The molecule has 0 saturated carbocycles. The Bertz CT molecular complexity index is 769. The number of carbonyl (C=O) groups excluding carboxylic acids is 2. The Hall–Kier alpha value is -2.82. The van der Waals surface area contributed by atoms with Crippen molar-refractivity contribution >= 4 is 17.5 Å². The van der Waals surface area contributed by atoms with Gasteiger partial charge in [-0.25, -0.2) is 0 Å². The van der Waals surface area contributed by atoms with Crippen LogP contribution >= 0.6 is 0 Å². The standard InChI is InChI=1S/C22H28N2O3/c1-5-16-8-7-9-18(14-16)23-22(26)20(15(3)4)24-21(25)17-10-12-19(13-11-17)27-6-2/h7-15,20H,5-6H2,1-4H3,(H,23,26)(H,24,25). The smallest absolute Gasteiger partial charge is 0.251 e. The van der Waals surface area contributed by atoms with Crippen molar-refractivity contribution in [2.24, 2.45) is 5.92 Å². The summed E-state index contributed by atoms with van der Waals surface area (Å²) in [5.74, 6) is 0.153. The van der Waals surface area contributed by atoms with Crippen LogP contribution < -0.4 is 15.4 Å². The van der Waals surface area contributed by atoms with E-state index in [-0.39, 0.29) is 17.7 Å². The molecule has 0 aromatic heterocycles. The van der Waals surface area contributed by atoms with E-state index in [4.69, 9.17) is 4.74 Å². The van der Waals surface area contributed by atoms with Crippen molar-refractivity contribution < 1.29 is 14.3 Å². The predicted molar refractivity (Wildman–Crippen MR) is 108 cm³/mol. The fraction of sp³-hybridized carbons (Fsp3) is 0.364. The van der Waals surface area contributed by atoms with Gasteiger partial charge in [0.25, 0.3) is 5.91 Å². The van der Waals surface area contributed by atoms with Crippen LogP contribution in [0.2, 0.25) is 0 Å². The van der Waals surface area contributed by atoms with Gasteiger partial charge in [0.2, 0.25) is 5.91 Å². The summed E-state index contributed by atoms with van der Waals surface area (Å²) >= 11 is 0. The summed E-state index contributed by atoms with van der Waals surface area (Å²) in [6, 6.07) is 14.0. The fourth-order valence-electron chi connectivity index (χ4n) is 2.72. The van der Waals surface area contributed by atoms with Crippen molar-refractivity contribution in [3.63, 3.8) is 0 Å². The molecule has 0 spiro atoms. The number of rotatable bonds is 8. The minimum atomic E-state index is -0.630. The molecule has 0 heterocycles. The molecule has 2 N–H and O–H groups in total. The number of hydrogen-bond acceptors (Lipinski definition) is 3. The van der Waals surface area contributed by atoms with Gasteiger partial charge in [-0.05, 0) is 61.2 Å². The average Bonchev–Trinajstić information content (AvgIpc) is 2.66. The molecule has 2 rings (SSSR count). The molecule has 2 amide bonds. The van der Waals surface area contributed by atoms with Gasteiger partial charge in [-0.15, -0.1) is 0 Å². The van der Waals surface area contributed by atoms with Gasteiger partial charge in [0.15, 0.2) is 0 Å². The van der Waals surface area contributed by atoms with E-state index in [1.54, 1.807) is 24.3 Å². The lowest BCUT2D eigenvalue weighted by molar-refractivity contribution is -0.118. The molecule has 0 aliphatic carbocycles. The zero-order chi connectivity index (χ0) is 19.8. The van der Waals surface area contributed by atoms with E-state index in [9.17, 15) is 9.59 Å². The van der Waals surface area contributed by atoms with E-state index in [1.807, 2.05) is 45.0 Å². The Kier molecular flexibility index (Phi) is 7.41. The third-order valence-electron chi connectivity index (χ3n) is 4.27. The van der Waals surface area contributed by atoms with Crippen LogP contribution in [0.3, 0.4) is 0 Å². The van der Waals surface area contributed by atoms with Crippen molar-refractivity contribution in [2.75, 3.05) is 11.9 Å². The summed E-state index contributed by atoms with van der Waals surface area (Å²) in [6.45, 7) is 8.36. The lowest BCUT2D eigenvalue weighted by atomic mass is 10.0. The molecule has 0 aliphatic rings. The first kappa shape index (κ1) is 20.5. The van der Waals surface area contributed by atoms with Crippen LogP contribution in [0, 0.1) is 5.92 Å². The molecular formula is C22H28N2O3. The van der Waals surface area contributed by atoms with Crippen LogP contribution in [0.1, 0.15) is 43.6 Å². The monoisotopic (exact) mass is 368 g/mol. The van der Waals surface area contributed by atoms with Crippen molar-refractivity contribution in [1.82, 2.24) is 5.32 Å². The van der Waals surface area contributed by atoms with Gasteiger partial charge in [-0.1, -0.05) is 32.9 Å². The summed E-state index contributed by atoms with van der Waals surface area (Å²) < 4.78 is 5.39. The van der Waals surface area contributed by atoms with E-state index < -0.39 is 6.04 Å². The predicted octanol–water partition coefficient (Wildman–Crippen LogP) is 4.04. The average molecular weight is 368 g/mol. The Labute approximate surface area is 161 Å². The van der Waals surface area contributed by atoms with Gasteiger partial charge >= 0.3 is 0 Å². The SMILES string of the molecule is CCOc1ccc(C(=O)NC(C(=O)Nc2cccc(CC)c2)C(C)C)cc1. The largest absolute Gasteiger partial charge is 0.494 e. The minimum Gasteiger partial charge on any atom is -0.494 e. The van der Waals surface area contributed by atoms with Crippen LogP contribution in [0.15, 0.2) is 48.5 Å². The zero-order valence-corrected chi connectivity index (χ0v) is 16.4. The van der Waals surface area contributed by atoms with E-state index in [0.29, 0.717) is 17.9 Å². The molecular weight excluding hydrogens is 340 g/mol. The Morgan fingerprint density at radius 1 is 1.04 bits per heavy atom. The zero-order valence-electron chi connectivity index (χ0n) is 16.4. The summed E-state index contributed by atoms with van der Waals surface area (Å²) in [6.07, 6.45) is 0.895. The highest BCUT2D eigenvalue weighted by atomic mass is 16.5. The highest BCUT2D eigenvalue weighted by molar-refractivity contribution is 6.01. The highest BCUT2D eigenvalue weighted by Gasteiger charge is 2.24. The molecule has 2 aromatic rings. The maximum Gasteiger partial charge on any atom is 0.251 e. The Morgan fingerprint density at radius 3 is 2.33 bits per heavy atom. The molecule has 1 atom stereocenters. The molecule has 2 aromatic carbocycles. The third kappa shape index (κ3) is 5.84. The molecule has 0 bridgehead atoms. The third-order valence-corrected chi connectivity index (χ3v) is 4.27. The molecule has 0 radical (unpaired) electrons. The van der Waals surface area contributed by atoms with Gasteiger partial charge in [0.1, 0.15) is 11.8 Å². The summed E-state index contributed by atoms with van der Waals surface area (Å²) in [7, 11) is 0. The van der Waals surface area contributed by atoms with Crippen LogP contribution in [0.25, 0.3) is 0 Å². The van der Waals surface area contributed by atoms with Crippen LogP contribution in [0.4, 0.5) is 5.69 Å². The first-order valence-electron chi connectivity index (χ1n) is 9.38. The number of ether oxygens (including phenoxy) is 1. The van der Waals surface area contributed by atoms with Crippen LogP contribution in [-0.4, -0.2) is 24.5 Å². The molecule has 0 saturated heterocycles. The minimum absolute atomic E-state index is 0.0500. The second-order valence-electron chi connectivity index (χ2n) is 6.70. The number of hydrogen-bond donors (Lipinski definition) is 2. The van der Waals surface area contributed by atoms with E-state index in [0.717, 1.165) is 17.7 Å². The number of nitrogens with one attached hydrogen (secondary N) is 2. The molecule has 144 valence electrons. The highest BCUT2D eigenvalue weighted by Crippen LogP contribution is 2.15. The van der Waals surface area contributed by atoms with E-state index in [2.05, 4.69) is 17.6 Å². The van der Waals surface area contributed by atoms with Crippen molar-refractivity contribution in [3.8, 4) is 5.75 Å². The molecule has 5 nitrogen and oxygen atoms in total. The maximum absolute atomic E-state index is 12.7. The summed E-state index contributed by atoms with van der Waals surface area (Å²) in [5.41, 5.74) is 2.37. The number of anilines is 1. The van der Waals surface area contributed by atoms with Gasteiger partial charge in [-0.2, -0.15) is 0 Å². The fourth-order valence-corrected chi connectivity index (χ4v) is 2.72. The number of benzene rings is 2. The van der Waals surface area contributed by atoms with Gasteiger partial charge in [0.05, 0.1) is 6.61 Å². The maximum atomic E-state index is 12.7. The lowest BCUT2D eigenvalue weighted by Gasteiger charge is -2.22. The molecule has 1 unspecified atom stereocenters. The first-order valence-corrected chi connectivity index (χ1v) is 9.38. The van der Waals surface area contributed by atoms with Crippen LogP contribution in [-0.2, 0) is 11.2 Å². The number of aryl methyl sites for hydroxylation is 1. The topological polar surface area (TPSA) is 67.4 Å². The Morgan fingerprint density at radius 2 is 1.74 bits per heavy atom. The van der Waals surface area contributed by atoms with Gasteiger partial charge in [-0.3, -0.25) is 9.59 Å². The normalized spacial score (nSPS) is 11.7. The van der Waals surface area contributed by atoms with Gasteiger partial charge in [0, 0.05) is 11.3 Å². The lowest BCUT2D eigenvalue weighted by Crippen LogP contribution is -2.47. The van der Waals surface area contributed by atoms with E-state index >= 15 is 0 Å². The summed E-state index contributed by atoms with van der Waals surface area (Å²) in [4.78, 5) is 25.3. The van der Waals surface area contributed by atoms with Gasteiger partial charge < -0.3 is 15.4 Å². The molecule has 5 heteroatoms. The number of amides is 2. The molecule has 0 fully saturated rings. The van der Waals surface area contributed by atoms with Crippen LogP contribution in [0.5, 0.6) is 5.75 Å². The summed E-state index contributed by atoms with van der Waals surface area (Å²) in [5, 5.41) is 5.75. The Balaban J connectivity index is 2.07. The first-order chi connectivity index (χ1) is 12.9. The van der Waals surface area contributed by atoms with Crippen molar-refractivity contribution in [1.29, 1.82) is 0 Å². The number of carbonyl (C=O) groups is 2. The quantitative estimate of drug-likeness (QED) is 0.739. The van der Waals surface area contributed by atoms with Crippen molar-refractivity contribution in [2.45, 2.75) is 40.2 Å². The van der Waals surface area contributed by atoms with Crippen molar-refractivity contribution in [3.05, 3.63) is 59.7 Å². The van der Waals surface area contributed by atoms with E-state index in [1.165, 1.54) is 0 Å². The molecule has 0 aliphatic heterocycles. The second kappa shape index (κ2) is 9.76. The molecule has 27 heavy (non-hydrogen) atoms. The second-order valence-corrected chi connectivity index (χ2v) is 6.70.